The number of rotatable bonds is 19. The SMILES string of the molecule is C.C.CC(C)(CCN1C[C@@H]2CCCCN2C1=O)C(=O)O.CCOC(=O)C1=C(CBr)NC(c2nccs2)=N[C@H]1c1cccc(F)c1Cl.CCOC(=O)C1=C(CN2CCN3C(=O)N(CCC(C)(C)C(=O)O)C[C@@H]3C2)NC(c2nccs2)=N[C@H]1c1cccc(F)c1Cl.[CH3-]. The molecule has 0 radical (unpaired) electrons. The van der Waals surface area contributed by atoms with E-state index in [9.17, 15) is 42.7 Å². The molecule has 0 unspecified atom stereocenters. The Labute approximate surface area is 551 Å². The van der Waals surface area contributed by atoms with Crippen molar-refractivity contribution in [3.63, 3.8) is 0 Å². The van der Waals surface area contributed by atoms with Crippen LogP contribution in [0.2, 0.25) is 10.0 Å². The number of benzene rings is 2. The van der Waals surface area contributed by atoms with Gasteiger partial charge in [0.25, 0.3) is 0 Å². The highest BCUT2D eigenvalue weighted by molar-refractivity contribution is 9.09. The van der Waals surface area contributed by atoms with Gasteiger partial charge in [0.05, 0.1) is 57.3 Å². The van der Waals surface area contributed by atoms with Crippen LogP contribution < -0.4 is 10.6 Å². The fourth-order valence-corrected chi connectivity index (χ4v) is 12.8. The predicted molar refractivity (Wildman–Crippen MR) is 350 cm³/mol. The van der Waals surface area contributed by atoms with Crippen LogP contribution in [0.4, 0.5) is 18.4 Å². The number of piperazine rings is 1. The second-order valence-corrected chi connectivity index (χ2v) is 25.7. The minimum Gasteiger partial charge on any atom is -0.481 e. The van der Waals surface area contributed by atoms with Gasteiger partial charge in [0, 0.05) is 110 Å². The summed E-state index contributed by atoms with van der Waals surface area (Å²) in [7, 11) is 0. The van der Waals surface area contributed by atoms with Crippen molar-refractivity contribution in [2.75, 3.05) is 77.4 Å². The van der Waals surface area contributed by atoms with E-state index in [0.29, 0.717) is 114 Å². The van der Waals surface area contributed by atoms with Crippen LogP contribution in [0.1, 0.15) is 122 Å². The minimum absolute atomic E-state index is 0. The van der Waals surface area contributed by atoms with Crippen LogP contribution >= 0.6 is 61.8 Å². The number of carbonyl (C=O) groups is 6. The molecule has 2 aromatic heterocycles. The summed E-state index contributed by atoms with van der Waals surface area (Å²) in [5.74, 6) is -3.07. The average molecular weight is 1390 g/mol. The Morgan fingerprint density at radius 1 is 0.689 bits per heavy atom. The molecule has 4 fully saturated rings. The molecule has 4 aromatic rings. The topological polar surface area (TPSA) is 252 Å². The van der Waals surface area contributed by atoms with E-state index in [0.717, 1.165) is 25.9 Å². The number of thiazole rings is 2. The molecule has 4 N–H and O–H groups in total. The monoisotopic (exact) mass is 1390 g/mol. The van der Waals surface area contributed by atoms with Crippen LogP contribution in [0.15, 0.2) is 92.1 Å². The van der Waals surface area contributed by atoms with Crippen molar-refractivity contribution in [2.24, 2.45) is 20.8 Å². The van der Waals surface area contributed by atoms with Gasteiger partial charge < -0.3 is 57.3 Å². The third kappa shape index (κ3) is 17.1. The standard InChI is InChI=1S/C29H34ClFN6O5S.C17H14BrClFN3O2S.C13H22N2O3.2CH4.CH3/c1-4-42-26(38)21-20(33-24(25-32-9-13-43-25)34-23(21)18-6-5-7-19(31)22(18)30)16-35-11-12-37-17(14-35)15-36(28(37)41)10-8-29(2,3)27(39)40;1-2-25-17(24)12-11(8-18)22-15(16-21-6-7-26-16)23-14(12)9-4-3-5-10(20)13(9)19;1-13(2,11(16)17)6-8-14-9-10-5-3-4-7-15(10)12(14)18;;;/h5-7,9,13,17,23H,4,8,10-12,14-16H2,1-3H3,(H,33,34)(H,39,40);3-7,14H,2,8H2,1H3,(H,22,23);10H,3-9H2,1-2H3,(H,16,17);2*1H4;1H3/q;;;;;-1/t17-,23-;14-;10-;;;/m000.../s1. The Morgan fingerprint density at radius 3 is 1.58 bits per heavy atom. The van der Waals surface area contributed by atoms with Gasteiger partial charge in [0.1, 0.15) is 23.7 Å². The Balaban J connectivity index is 0.000000267. The third-order valence-electron chi connectivity index (χ3n) is 15.8. The molecule has 0 bridgehead atoms. The molecule has 6 aliphatic heterocycles. The molecule has 21 nitrogen and oxygen atoms in total. The number of amides is 4. The summed E-state index contributed by atoms with van der Waals surface area (Å²) in [5, 5.41) is 30.0. The summed E-state index contributed by atoms with van der Waals surface area (Å²) in [6.45, 7) is 15.4. The number of hydrogen-bond donors (Lipinski definition) is 4. The van der Waals surface area contributed by atoms with Gasteiger partial charge >= 0.3 is 35.9 Å². The molecule has 90 heavy (non-hydrogen) atoms. The minimum atomic E-state index is -0.935. The number of alkyl halides is 1. The normalized spacial score (nSPS) is 19.8. The van der Waals surface area contributed by atoms with E-state index in [4.69, 9.17) is 42.8 Å². The van der Waals surface area contributed by atoms with Crippen molar-refractivity contribution in [2.45, 2.75) is 113 Å². The highest BCUT2D eigenvalue weighted by Gasteiger charge is 2.44. The van der Waals surface area contributed by atoms with E-state index in [1.165, 1.54) is 53.4 Å². The number of amidine groups is 2. The summed E-state index contributed by atoms with van der Waals surface area (Å²) in [4.78, 5) is 101. The summed E-state index contributed by atoms with van der Waals surface area (Å²) >= 11 is 18.7. The maximum atomic E-state index is 14.6. The van der Waals surface area contributed by atoms with E-state index in [1.54, 1.807) is 71.0 Å². The molecule has 10 rings (SSSR count). The van der Waals surface area contributed by atoms with E-state index < -0.39 is 58.4 Å². The van der Waals surface area contributed by atoms with E-state index in [1.807, 2.05) is 25.5 Å². The van der Waals surface area contributed by atoms with Crippen molar-refractivity contribution < 1.29 is 57.2 Å². The number of carboxylic acids is 2. The number of aliphatic carboxylic acids is 2. The summed E-state index contributed by atoms with van der Waals surface area (Å²) in [5.41, 5.74) is 0.677. The average Bonchev–Trinajstić information content (AvgIpc) is 1.32. The smallest absolute Gasteiger partial charge is 0.338 e. The second kappa shape index (κ2) is 32.6. The number of carbonyl (C=O) groups excluding carboxylic acids is 4. The van der Waals surface area contributed by atoms with Crippen molar-refractivity contribution in [1.29, 1.82) is 0 Å². The maximum Gasteiger partial charge on any atom is 0.338 e. The van der Waals surface area contributed by atoms with Crippen molar-refractivity contribution in [1.82, 2.24) is 45.1 Å². The van der Waals surface area contributed by atoms with Gasteiger partial charge in [-0.05, 0) is 85.8 Å². The van der Waals surface area contributed by atoms with E-state index in [-0.39, 0.29) is 74.8 Å². The molecule has 492 valence electrons. The number of piperidine rings is 1. The number of urea groups is 2. The number of nitrogens with one attached hydrogen (secondary N) is 2. The predicted octanol–water partition coefficient (Wildman–Crippen LogP) is 11.5. The molecule has 28 heteroatoms. The molecule has 0 spiro atoms. The van der Waals surface area contributed by atoms with Crippen LogP contribution in [-0.4, -0.2) is 182 Å². The zero-order valence-corrected chi connectivity index (χ0v) is 54.7. The number of aliphatic imine (C=N–C) groups is 2. The van der Waals surface area contributed by atoms with E-state index in [2.05, 4.69) is 46.4 Å². The first-order chi connectivity index (χ1) is 41.5. The largest absolute Gasteiger partial charge is 0.481 e. The molecule has 4 saturated heterocycles. The van der Waals surface area contributed by atoms with Crippen LogP contribution in [0.5, 0.6) is 0 Å². The van der Waals surface area contributed by atoms with Crippen LogP contribution in [0.3, 0.4) is 0 Å². The quantitative estimate of drug-likeness (QED) is 0.0387. The molecule has 2 aromatic carbocycles. The molecular formula is C62H81BrCl2F2N11O10S2-. The highest BCUT2D eigenvalue weighted by atomic mass is 79.9. The third-order valence-corrected chi connectivity index (χ3v) is 18.8. The first-order valence-electron chi connectivity index (χ1n) is 28.5. The zero-order chi connectivity index (χ0) is 62.9. The van der Waals surface area contributed by atoms with Crippen LogP contribution in [0, 0.1) is 29.9 Å². The van der Waals surface area contributed by atoms with Gasteiger partial charge in [0.2, 0.25) is 0 Å². The van der Waals surface area contributed by atoms with Gasteiger partial charge in [-0.2, -0.15) is 0 Å². The number of halogens is 5. The number of allylic oxidation sites excluding steroid dienone is 1. The number of aromatic nitrogens is 2. The molecule has 4 amide bonds. The molecule has 8 heterocycles. The van der Waals surface area contributed by atoms with Gasteiger partial charge in [-0.1, -0.05) is 78.3 Å². The van der Waals surface area contributed by atoms with Gasteiger partial charge in [-0.15, -0.1) is 22.7 Å². The number of nitrogens with zero attached hydrogens (tertiary/aromatic N) is 9. The van der Waals surface area contributed by atoms with Crippen LogP contribution in [0.25, 0.3) is 0 Å². The first-order valence-corrected chi connectivity index (χ1v) is 32.2. The van der Waals surface area contributed by atoms with Gasteiger partial charge in [-0.3, -0.25) is 24.5 Å². The Bertz CT molecular complexity index is 3340. The van der Waals surface area contributed by atoms with Crippen molar-refractivity contribution >= 4 is 109 Å². The highest BCUT2D eigenvalue weighted by Crippen LogP contribution is 2.40. The van der Waals surface area contributed by atoms with Crippen molar-refractivity contribution in [3.05, 3.63) is 132 Å². The summed E-state index contributed by atoms with van der Waals surface area (Å²) in [6.07, 6.45) is 7.55. The lowest BCUT2D eigenvalue weighted by atomic mass is 9.89. The maximum absolute atomic E-state index is 14.6. The lowest BCUT2D eigenvalue weighted by Gasteiger charge is -2.38. The molecule has 0 aliphatic carbocycles. The number of hydrogen-bond acceptors (Lipinski definition) is 17. The first kappa shape index (κ1) is 74.2. The number of fused-ring (bicyclic) bond motifs is 2. The fourth-order valence-electron chi connectivity index (χ4n) is 10.7. The van der Waals surface area contributed by atoms with E-state index >= 15 is 0 Å². The van der Waals surface area contributed by atoms with Crippen molar-refractivity contribution in [3.8, 4) is 0 Å². The Kier molecular flexibility index (Phi) is 26.9. The van der Waals surface area contributed by atoms with Crippen LogP contribution in [-0.2, 0) is 28.7 Å². The lowest BCUT2D eigenvalue weighted by molar-refractivity contribution is -0.148. The second-order valence-electron chi connectivity index (χ2n) is 22.6. The Morgan fingerprint density at radius 2 is 1.14 bits per heavy atom. The zero-order valence-electron chi connectivity index (χ0n) is 50.0. The summed E-state index contributed by atoms with van der Waals surface area (Å²) in [6, 6.07) is 7.41. The molecule has 0 saturated carbocycles. The molecule has 6 aliphatic rings. The molecule has 4 atom stereocenters. The lowest BCUT2D eigenvalue weighted by Crippen LogP contribution is -2.53. The fraction of sp³-hybridized carbons (Fsp3) is 0.500. The van der Waals surface area contributed by atoms with Gasteiger partial charge in [0.15, 0.2) is 21.7 Å². The Hall–Kier alpha value is -6.58. The number of ether oxygens (including phenoxy) is 2. The number of esters is 2. The summed E-state index contributed by atoms with van der Waals surface area (Å²) < 4.78 is 39.2. The van der Waals surface area contributed by atoms with Gasteiger partial charge in [-0.25, -0.2) is 37.9 Å². The molecular weight excluding hydrogens is 1310 g/mol. The number of carboxylic acid groups (broad SMARTS) is 2.